The Morgan fingerprint density at radius 2 is 1.88 bits per heavy atom. The highest BCUT2D eigenvalue weighted by Crippen LogP contribution is 2.35. The van der Waals surface area contributed by atoms with Crippen molar-refractivity contribution in [2.75, 3.05) is 31.2 Å². The molecule has 2 aliphatic heterocycles. The first-order valence-corrected chi connectivity index (χ1v) is 13.1. The van der Waals surface area contributed by atoms with Crippen LogP contribution in [0.25, 0.3) is 17.3 Å². The van der Waals surface area contributed by atoms with Crippen molar-refractivity contribution in [3.8, 4) is 11.3 Å². The first kappa shape index (κ1) is 22.1. The van der Waals surface area contributed by atoms with E-state index in [0.29, 0.717) is 5.92 Å². The summed E-state index contributed by atoms with van der Waals surface area (Å²) in [5, 5.41) is 6.97. The lowest BCUT2D eigenvalue weighted by molar-refractivity contribution is 0.222. The van der Waals surface area contributed by atoms with Gasteiger partial charge in [0, 0.05) is 28.3 Å². The number of anilines is 2. The quantitative estimate of drug-likeness (QED) is 0.415. The molecular weight excluding hydrogens is 424 g/mol. The molecule has 0 spiro atoms. The van der Waals surface area contributed by atoms with Crippen LogP contribution in [-0.2, 0) is 6.54 Å². The number of benzene rings is 2. The van der Waals surface area contributed by atoms with Crippen LogP contribution in [0, 0.1) is 0 Å². The molecule has 170 valence electrons. The van der Waals surface area contributed by atoms with Crippen molar-refractivity contribution in [2.45, 2.75) is 37.1 Å². The van der Waals surface area contributed by atoms with Gasteiger partial charge in [0.15, 0.2) is 0 Å². The lowest BCUT2D eigenvalue weighted by atomic mass is 9.89. The summed E-state index contributed by atoms with van der Waals surface area (Å²) in [6.07, 6.45) is 8.79. The topological polar surface area (TPSA) is 40.2 Å². The highest BCUT2D eigenvalue weighted by molar-refractivity contribution is 7.98. The molecule has 0 unspecified atom stereocenters. The van der Waals surface area contributed by atoms with E-state index in [1.54, 1.807) is 11.8 Å². The van der Waals surface area contributed by atoms with Crippen LogP contribution >= 0.6 is 11.8 Å². The van der Waals surface area contributed by atoms with Crippen LogP contribution < -0.4 is 10.6 Å². The molecule has 0 aliphatic carbocycles. The van der Waals surface area contributed by atoms with E-state index in [0.717, 1.165) is 30.3 Å². The summed E-state index contributed by atoms with van der Waals surface area (Å²) in [7, 11) is 0. The van der Waals surface area contributed by atoms with Crippen molar-refractivity contribution in [1.82, 2.24) is 15.2 Å². The molecular formula is C28H32N4S. The molecule has 33 heavy (non-hydrogen) atoms. The van der Waals surface area contributed by atoms with E-state index in [4.69, 9.17) is 4.98 Å². The summed E-state index contributed by atoms with van der Waals surface area (Å²) in [5.74, 6) is 1.60. The van der Waals surface area contributed by atoms with E-state index in [2.05, 4.69) is 89.4 Å². The fourth-order valence-corrected chi connectivity index (χ4v) is 5.50. The van der Waals surface area contributed by atoms with Crippen molar-refractivity contribution in [3.63, 3.8) is 0 Å². The van der Waals surface area contributed by atoms with Gasteiger partial charge < -0.3 is 15.5 Å². The number of thioether (sulfide) groups is 1. The van der Waals surface area contributed by atoms with Gasteiger partial charge >= 0.3 is 0 Å². The number of likely N-dealkylation sites (tertiary alicyclic amines) is 1. The Morgan fingerprint density at radius 1 is 1.09 bits per heavy atom. The number of pyridine rings is 1. The van der Waals surface area contributed by atoms with Crippen LogP contribution in [0.2, 0.25) is 0 Å². The first-order valence-electron chi connectivity index (χ1n) is 11.9. The minimum absolute atomic E-state index is 0.674. The van der Waals surface area contributed by atoms with Gasteiger partial charge in [-0.05, 0) is 92.3 Å². The molecule has 1 aromatic heterocycles. The second-order valence-corrected chi connectivity index (χ2v) is 9.64. The molecule has 0 bridgehead atoms. The maximum Gasteiger partial charge on any atom is 0.136 e. The molecule has 1 saturated heterocycles. The molecule has 3 aromatic rings. The third-order valence-corrected chi connectivity index (χ3v) is 7.68. The molecule has 2 N–H and O–H groups in total. The van der Waals surface area contributed by atoms with Crippen LogP contribution in [0.1, 0.15) is 42.4 Å². The zero-order chi connectivity index (χ0) is 22.6. The first-order chi connectivity index (χ1) is 16.2. The highest BCUT2D eigenvalue weighted by Gasteiger charge is 2.20. The van der Waals surface area contributed by atoms with E-state index in [1.807, 2.05) is 6.20 Å². The Bertz CT molecular complexity index is 1130. The highest BCUT2D eigenvalue weighted by atomic mass is 32.2. The maximum absolute atomic E-state index is 5.09. The minimum Gasteiger partial charge on any atom is -0.387 e. The monoisotopic (exact) mass is 456 g/mol. The van der Waals surface area contributed by atoms with E-state index in [-0.39, 0.29) is 0 Å². The average molecular weight is 457 g/mol. The molecule has 0 saturated carbocycles. The second kappa shape index (κ2) is 10.0. The maximum atomic E-state index is 5.09. The minimum atomic E-state index is 0.674. The van der Waals surface area contributed by atoms with Gasteiger partial charge in [-0.25, -0.2) is 4.98 Å². The summed E-state index contributed by atoms with van der Waals surface area (Å²) >= 11 is 1.76. The number of piperidine rings is 1. The molecule has 5 heteroatoms. The normalized spacial score (nSPS) is 16.3. The predicted octanol–water partition coefficient (Wildman–Crippen LogP) is 6.49. The Labute approximate surface area is 201 Å². The number of fused-ring (bicyclic) bond motifs is 1. The van der Waals surface area contributed by atoms with Crippen LogP contribution in [0.4, 0.5) is 11.5 Å². The van der Waals surface area contributed by atoms with Crippen LogP contribution in [-0.4, -0.2) is 35.8 Å². The summed E-state index contributed by atoms with van der Waals surface area (Å²) in [4.78, 5) is 8.88. The van der Waals surface area contributed by atoms with Crippen molar-refractivity contribution in [3.05, 3.63) is 77.5 Å². The smallest absolute Gasteiger partial charge is 0.136 e. The van der Waals surface area contributed by atoms with Gasteiger partial charge in [-0.2, -0.15) is 0 Å². The Morgan fingerprint density at radius 3 is 2.64 bits per heavy atom. The van der Waals surface area contributed by atoms with Crippen molar-refractivity contribution < 1.29 is 0 Å². The van der Waals surface area contributed by atoms with E-state index in [9.17, 15) is 0 Å². The Kier molecular flexibility index (Phi) is 6.70. The van der Waals surface area contributed by atoms with Gasteiger partial charge in [0.1, 0.15) is 5.82 Å². The molecule has 4 nitrogen and oxygen atoms in total. The van der Waals surface area contributed by atoms with Gasteiger partial charge in [0.25, 0.3) is 0 Å². The van der Waals surface area contributed by atoms with Crippen LogP contribution in [0.3, 0.4) is 0 Å². The lowest BCUT2D eigenvalue weighted by Gasteiger charge is -2.31. The molecule has 0 radical (unpaired) electrons. The molecule has 5 rings (SSSR count). The SMILES string of the molecule is CCN1CCC(c2ccc(Nc3nc(-c4ccccc4SC)cc4c3CNC=C4)cc2)CC1. The van der Waals surface area contributed by atoms with Crippen molar-refractivity contribution in [2.24, 2.45) is 0 Å². The van der Waals surface area contributed by atoms with Gasteiger partial charge in [-0.3, -0.25) is 0 Å². The van der Waals surface area contributed by atoms with E-state index < -0.39 is 0 Å². The Hall–Kier alpha value is -2.76. The molecule has 1 fully saturated rings. The third kappa shape index (κ3) is 4.80. The van der Waals surface area contributed by atoms with Crippen molar-refractivity contribution >= 4 is 29.3 Å². The number of nitrogens with one attached hydrogen (secondary N) is 2. The van der Waals surface area contributed by atoms with E-state index in [1.165, 1.54) is 53.1 Å². The van der Waals surface area contributed by atoms with E-state index >= 15 is 0 Å². The third-order valence-electron chi connectivity index (χ3n) is 6.88. The van der Waals surface area contributed by atoms with Crippen LogP contribution in [0.15, 0.2) is 65.7 Å². The van der Waals surface area contributed by atoms with Crippen molar-refractivity contribution in [1.29, 1.82) is 0 Å². The molecule has 2 aromatic carbocycles. The van der Waals surface area contributed by atoms with Gasteiger partial charge in [0.2, 0.25) is 0 Å². The summed E-state index contributed by atoms with van der Waals surface area (Å²) in [6, 6.07) is 19.7. The molecule has 3 heterocycles. The number of rotatable bonds is 6. The predicted molar refractivity (Wildman–Crippen MR) is 141 cm³/mol. The number of hydrogen-bond acceptors (Lipinski definition) is 5. The molecule has 0 amide bonds. The summed E-state index contributed by atoms with van der Waals surface area (Å²) in [6.45, 7) is 6.62. The zero-order valence-electron chi connectivity index (χ0n) is 19.5. The van der Waals surface area contributed by atoms with Crippen LogP contribution in [0.5, 0.6) is 0 Å². The van der Waals surface area contributed by atoms with Gasteiger partial charge in [0.05, 0.1) is 5.69 Å². The summed E-state index contributed by atoms with van der Waals surface area (Å²) in [5.41, 5.74) is 7.15. The molecule has 2 aliphatic rings. The van der Waals surface area contributed by atoms with Gasteiger partial charge in [-0.15, -0.1) is 11.8 Å². The van der Waals surface area contributed by atoms with Gasteiger partial charge in [-0.1, -0.05) is 37.3 Å². The molecule has 0 atom stereocenters. The largest absolute Gasteiger partial charge is 0.387 e. The Balaban J connectivity index is 1.42. The number of nitrogens with zero attached hydrogens (tertiary/aromatic N) is 2. The standard InChI is InChI=1S/C28H32N4S/c1-3-32-16-13-21(14-17-32)20-8-10-23(11-9-20)30-28-25-19-29-15-12-22(25)18-26(31-28)24-6-4-5-7-27(24)33-2/h4-12,15,18,21,29H,3,13-14,16-17,19H2,1-2H3,(H,30,31). The summed E-state index contributed by atoms with van der Waals surface area (Å²) < 4.78 is 0. The number of aromatic nitrogens is 1. The fraction of sp³-hybridized carbons (Fsp3) is 0.321. The average Bonchev–Trinajstić information content (AvgIpc) is 2.89. The fourth-order valence-electron chi connectivity index (χ4n) is 4.89. The second-order valence-electron chi connectivity index (χ2n) is 8.79. The lowest BCUT2D eigenvalue weighted by Crippen LogP contribution is -2.32. The zero-order valence-corrected chi connectivity index (χ0v) is 20.3. The number of hydrogen-bond donors (Lipinski definition) is 2.